The molecule has 192 valence electrons. The van der Waals surface area contributed by atoms with Crippen LogP contribution >= 0.6 is 67.8 Å². The Labute approximate surface area is 236 Å². The predicted octanol–water partition coefficient (Wildman–Crippen LogP) is -1.45. The van der Waals surface area contributed by atoms with E-state index in [-0.39, 0.29) is 34.1 Å². The lowest BCUT2D eigenvalue weighted by molar-refractivity contribution is -0.122. The summed E-state index contributed by atoms with van der Waals surface area (Å²) in [5.41, 5.74) is 0.115. The summed E-state index contributed by atoms with van der Waals surface area (Å²) < 4.78 is 0.728. The van der Waals surface area contributed by atoms with E-state index in [1.165, 1.54) is 7.05 Å². The van der Waals surface area contributed by atoms with Gasteiger partial charge in [0.05, 0.1) is 75.1 Å². The maximum Gasteiger partial charge on any atom is 0.255 e. The summed E-state index contributed by atoms with van der Waals surface area (Å²) in [5, 5.41) is 61.2. The Kier molecular flexibility index (Phi) is 13.9. The van der Waals surface area contributed by atoms with Crippen molar-refractivity contribution in [1.82, 2.24) is 10.2 Å². The topological polar surface area (TPSA) is 200 Å². The fourth-order valence-corrected chi connectivity index (χ4v) is 7.05. The van der Waals surface area contributed by atoms with Gasteiger partial charge in [0.2, 0.25) is 5.91 Å². The second-order valence-corrected chi connectivity index (χ2v) is 10.4. The van der Waals surface area contributed by atoms with Crippen LogP contribution in [0.1, 0.15) is 20.7 Å². The van der Waals surface area contributed by atoms with Crippen LogP contribution in [-0.2, 0) is 4.79 Å². The third kappa shape index (κ3) is 7.79. The highest BCUT2D eigenvalue weighted by molar-refractivity contribution is 14.1. The van der Waals surface area contributed by atoms with Crippen molar-refractivity contribution in [2.75, 3.05) is 51.9 Å². The zero-order valence-corrected chi connectivity index (χ0v) is 24.4. The normalized spacial score (nSPS) is 12.1. The van der Waals surface area contributed by atoms with Crippen molar-refractivity contribution in [3.63, 3.8) is 0 Å². The van der Waals surface area contributed by atoms with Crippen molar-refractivity contribution in [3.05, 3.63) is 21.8 Å². The molecular weight excluding hydrogens is 795 g/mol. The molecule has 34 heavy (non-hydrogen) atoms. The van der Waals surface area contributed by atoms with Crippen LogP contribution in [0.2, 0.25) is 0 Å². The van der Waals surface area contributed by atoms with Gasteiger partial charge in [-0.2, -0.15) is 0 Å². The number of aliphatic hydroxyl groups excluding tert-OH is 6. The van der Waals surface area contributed by atoms with E-state index in [4.69, 9.17) is 5.11 Å². The number of likely N-dealkylation sites (N-methyl/N-ethyl adjacent to an activating group) is 1. The molecule has 1 unspecified atom stereocenters. The number of carbonyl (C=O) groups is 3. The first-order valence-electron chi connectivity index (χ1n) is 9.78. The smallest absolute Gasteiger partial charge is 0.255 e. The van der Waals surface area contributed by atoms with Gasteiger partial charge in [0.1, 0.15) is 0 Å². The van der Waals surface area contributed by atoms with Crippen LogP contribution in [0.25, 0.3) is 0 Å². The Morgan fingerprint density at radius 2 is 1.38 bits per heavy atom. The van der Waals surface area contributed by atoms with E-state index in [1.807, 2.05) is 45.2 Å². The second kappa shape index (κ2) is 15.0. The summed E-state index contributed by atoms with van der Waals surface area (Å²) in [4.78, 5) is 40.0. The van der Waals surface area contributed by atoms with E-state index >= 15 is 0 Å². The van der Waals surface area contributed by atoms with Crippen LogP contribution in [0, 0.1) is 16.6 Å². The molecule has 0 aliphatic heterocycles. The Morgan fingerprint density at radius 3 is 1.85 bits per heavy atom. The predicted molar refractivity (Wildman–Crippen MR) is 146 cm³/mol. The highest BCUT2D eigenvalue weighted by atomic mass is 127. The standard InChI is InChI=1S/C19H26I3N3O9/c1-25(2-10(31)7-30)19(34)12-13(20)11(18(33)23-9(5-28)6-29)14(21)16(15(12)22)24-17(32)8(3-26)4-27/h8-10,26-31H,2-7H2,1H3,(H,23,33)(H,24,32). The zero-order valence-electron chi connectivity index (χ0n) is 18.0. The van der Waals surface area contributed by atoms with Crippen LogP contribution in [0.5, 0.6) is 0 Å². The third-order valence-corrected chi connectivity index (χ3v) is 7.87. The minimum absolute atomic E-state index is 0.00665. The molecule has 0 saturated heterocycles. The van der Waals surface area contributed by atoms with Gasteiger partial charge in [-0.15, -0.1) is 0 Å². The van der Waals surface area contributed by atoms with Crippen LogP contribution in [0.3, 0.4) is 0 Å². The monoisotopic (exact) mass is 821 g/mol. The molecular formula is C19H26I3N3O9. The minimum atomic E-state index is -1.19. The molecule has 0 spiro atoms. The lowest BCUT2D eigenvalue weighted by Crippen LogP contribution is -2.41. The van der Waals surface area contributed by atoms with Gasteiger partial charge in [-0.1, -0.05) is 0 Å². The minimum Gasteiger partial charge on any atom is -0.395 e. The molecule has 1 aromatic rings. The number of amides is 3. The average Bonchev–Trinajstić information content (AvgIpc) is 2.80. The van der Waals surface area contributed by atoms with Crippen molar-refractivity contribution in [1.29, 1.82) is 0 Å². The number of carbonyl (C=O) groups excluding carboxylic acids is 3. The fourth-order valence-electron chi connectivity index (χ4n) is 2.66. The Bertz CT molecular complexity index is 896. The lowest BCUT2D eigenvalue weighted by atomic mass is 10.1. The van der Waals surface area contributed by atoms with Gasteiger partial charge in [-0.05, 0) is 67.8 Å². The summed E-state index contributed by atoms with van der Waals surface area (Å²) in [6.07, 6.45) is -1.19. The second-order valence-electron chi connectivity index (χ2n) is 7.18. The molecule has 1 aromatic carbocycles. The number of rotatable bonds is 12. The largest absolute Gasteiger partial charge is 0.395 e. The number of nitrogens with zero attached hydrogens (tertiary/aromatic N) is 1. The Morgan fingerprint density at radius 1 is 0.853 bits per heavy atom. The van der Waals surface area contributed by atoms with Gasteiger partial charge in [-0.3, -0.25) is 14.4 Å². The number of halogens is 3. The van der Waals surface area contributed by atoms with E-state index in [1.54, 1.807) is 22.6 Å². The first-order valence-corrected chi connectivity index (χ1v) is 13.0. The van der Waals surface area contributed by atoms with E-state index < -0.39 is 68.8 Å². The number of hydrogen-bond acceptors (Lipinski definition) is 9. The van der Waals surface area contributed by atoms with Gasteiger partial charge in [0.15, 0.2) is 0 Å². The van der Waals surface area contributed by atoms with E-state index in [2.05, 4.69) is 10.6 Å². The molecule has 1 atom stereocenters. The summed E-state index contributed by atoms with van der Waals surface area (Å²) in [6, 6.07) is -0.967. The molecule has 8 N–H and O–H groups in total. The number of anilines is 1. The molecule has 15 heteroatoms. The number of aliphatic hydroxyl groups is 6. The summed E-state index contributed by atoms with van der Waals surface area (Å²) in [6.45, 7) is -3.10. The van der Waals surface area contributed by atoms with Crippen molar-refractivity contribution in [3.8, 4) is 0 Å². The number of hydrogen-bond donors (Lipinski definition) is 8. The molecule has 0 aromatic heterocycles. The quantitative estimate of drug-likeness (QED) is 0.116. The summed E-state index contributed by atoms with van der Waals surface area (Å²) in [5.74, 6) is -3.21. The molecule has 0 bridgehead atoms. The van der Waals surface area contributed by atoms with Gasteiger partial charge < -0.3 is 46.2 Å². The van der Waals surface area contributed by atoms with E-state index in [9.17, 15) is 39.9 Å². The average molecular weight is 821 g/mol. The van der Waals surface area contributed by atoms with Gasteiger partial charge in [0.25, 0.3) is 11.8 Å². The lowest BCUT2D eigenvalue weighted by Gasteiger charge is -2.25. The van der Waals surface area contributed by atoms with Crippen LogP contribution in [0.15, 0.2) is 0 Å². The molecule has 0 aliphatic rings. The molecule has 0 radical (unpaired) electrons. The van der Waals surface area contributed by atoms with Gasteiger partial charge >= 0.3 is 0 Å². The molecule has 0 fully saturated rings. The third-order valence-electron chi connectivity index (χ3n) is 4.64. The fraction of sp³-hybridized carbons (Fsp3) is 0.526. The highest BCUT2D eigenvalue weighted by Gasteiger charge is 2.31. The Balaban J connectivity index is 3.70. The van der Waals surface area contributed by atoms with Crippen molar-refractivity contribution < 1.29 is 45.0 Å². The molecule has 12 nitrogen and oxygen atoms in total. The zero-order chi connectivity index (χ0) is 26.2. The Hall–Kier alpha value is -0.420. The molecule has 0 aliphatic carbocycles. The van der Waals surface area contributed by atoms with Crippen molar-refractivity contribution >= 4 is 91.2 Å². The van der Waals surface area contributed by atoms with Crippen LogP contribution in [-0.4, -0.2) is 112 Å². The van der Waals surface area contributed by atoms with E-state index in [0.29, 0.717) is 0 Å². The highest BCUT2D eigenvalue weighted by Crippen LogP contribution is 2.36. The van der Waals surface area contributed by atoms with Crippen LogP contribution in [0.4, 0.5) is 5.69 Å². The molecule has 0 saturated carbocycles. The van der Waals surface area contributed by atoms with Crippen molar-refractivity contribution in [2.45, 2.75) is 12.1 Å². The van der Waals surface area contributed by atoms with Crippen LogP contribution < -0.4 is 10.6 Å². The number of benzene rings is 1. The van der Waals surface area contributed by atoms with E-state index in [0.717, 1.165) is 4.90 Å². The molecule has 0 heterocycles. The molecule has 1 rings (SSSR count). The van der Waals surface area contributed by atoms with Gasteiger partial charge in [0, 0.05) is 17.2 Å². The summed E-state index contributed by atoms with van der Waals surface area (Å²) in [7, 11) is 1.39. The number of nitrogens with one attached hydrogen (secondary N) is 2. The molecule has 3 amide bonds. The first kappa shape index (κ1) is 31.6. The van der Waals surface area contributed by atoms with Gasteiger partial charge in [-0.25, -0.2) is 0 Å². The summed E-state index contributed by atoms with van der Waals surface area (Å²) >= 11 is 5.43. The maximum absolute atomic E-state index is 13.3. The first-order chi connectivity index (χ1) is 16.0. The SMILES string of the molecule is CN(CC(O)CO)C(=O)c1c(I)c(NC(=O)C(CO)CO)c(I)c(C(=O)NC(CO)CO)c1I. The maximum atomic E-state index is 13.3. The van der Waals surface area contributed by atoms with Crippen molar-refractivity contribution in [2.24, 2.45) is 5.92 Å².